The Morgan fingerprint density at radius 3 is 2.86 bits per heavy atom. The number of carbonyl (C=O) groups excluding carboxylic acids is 1. The van der Waals surface area contributed by atoms with Crippen molar-refractivity contribution in [2.75, 3.05) is 31.6 Å². The Hall–Kier alpha value is -2.11. The van der Waals surface area contributed by atoms with E-state index in [1.54, 1.807) is 19.2 Å². The molecule has 1 saturated heterocycles. The molecule has 2 aromatic rings. The number of nitrogens with zero attached hydrogens (tertiary/aromatic N) is 1. The van der Waals surface area contributed by atoms with E-state index < -0.39 is 0 Å². The van der Waals surface area contributed by atoms with Crippen molar-refractivity contribution in [1.82, 2.24) is 5.32 Å². The lowest BCUT2D eigenvalue weighted by atomic mass is 9.95. The van der Waals surface area contributed by atoms with Crippen molar-refractivity contribution in [3.05, 3.63) is 57.9 Å². The highest BCUT2D eigenvalue weighted by molar-refractivity contribution is 6.30. The van der Waals surface area contributed by atoms with Crippen molar-refractivity contribution in [1.29, 1.82) is 0 Å². The van der Waals surface area contributed by atoms with Crippen LogP contribution in [0, 0.1) is 11.7 Å². The minimum atomic E-state index is -0.357. The van der Waals surface area contributed by atoms with Crippen LogP contribution < -0.4 is 15.0 Å². The predicted molar refractivity (Wildman–Crippen MR) is 109 cm³/mol. The Balaban J connectivity index is 1.61. The molecule has 4 rings (SSSR count). The monoisotopic (exact) mass is 402 g/mol. The number of ketones is 1. The number of Topliss-reactive ketones (excluding diaryl/α,β-unsaturated/α-hetero) is 1. The number of nitrogens with one attached hydrogen (secondary N) is 1. The maximum Gasteiger partial charge on any atom is 0.167 e. The van der Waals surface area contributed by atoms with Crippen LogP contribution >= 0.6 is 11.6 Å². The number of rotatable bonds is 4. The number of hydrogen-bond acceptors (Lipinski definition) is 4. The molecular formula is C22H24ClFN2O2. The molecule has 0 bridgehead atoms. The normalized spacial score (nSPS) is 21.7. The Bertz CT molecular complexity index is 918. The van der Waals surface area contributed by atoms with Gasteiger partial charge in [-0.2, -0.15) is 0 Å². The third-order valence-corrected chi connectivity index (χ3v) is 5.93. The molecule has 148 valence electrons. The summed E-state index contributed by atoms with van der Waals surface area (Å²) in [6, 6.07) is 8.98. The first-order valence-corrected chi connectivity index (χ1v) is 10.0. The number of piperazine rings is 1. The number of halogens is 2. The van der Waals surface area contributed by atoms with Gasteiger partial charge in [0.1, 0.15) is 11.6 Å². The van der Waals surface area contributed by atoms with Crippen molar-refractivity contribution >= 4 is 23.1 Å². The second-order valence-electron chi connectivity index (χ2n) is 7.69. The molecule has 4 nitrogen and oxygen atoms in total. The van der Waals surface area contributed by atoms with Crippen molar-refractivity contribution in [2.45, 2.75) is 25.8 Å². The molecule has 1 N–H and O–H groups in total. The summed E-state index contributed by atoms with van der Waals surface area (Å²) in [6.45, 7) is 4.86. The summed E-state index contributed by atoms with van der Waals surface area (Å²) in [7, 11) is 1.64. The van der Waals surface area contributed by atoms with E-state index in [1.807, 2.05) is 6.07 Å². The number of anilines is 1. The SMILES string of the molecule is COc1cc2c(cc1N1CCNC(C)C1)CC(Cc1ccc(Cl)cc1F)C2=O. The molecule has 28 heavy (non-hydrogen) atoms. The third-order valence-electron chi connectivity index (χ3n) is 5.70. The van der Waals surface area contributed by atoms with Gasteiger partial charge in [0.15, 0.2) is 5.78 Å². The van der Waals surface area contributed by atoms with Gasteiger partial charge in [-0.05, 0) is 55.2 Å². The van der Waals surface area contributed by atoms with Crippen LogP contribution in [0.15, 0.2) is 30.3 Å². The standard InChI is InChI=1S/C22H24ClFN2O2/c1-13-12-26(6-5-25-13)20-9-15-8-16(22(27)18(15)11-21(20)28-2)7-14-3-4-17(23)10-19(14)24/h3-4,9-11,13,16,25H,5-8,12H2,1-2H3. The van der Waals surface area contributed by atoms with E-state index in [-0.39, 0.29) is 17.5 Å². The van der Waals surface area contributed by atoms with E-state index in [1.165, 1.54) is 6.07 Å². The summed E-state index contributed by atoms with van der Waals surface area (Å²) in [5.41, 5.74) is 3.27. The van der Waals surface area contributed by atoms with Gasteiger partial charge in [-0.1, -0.05) is 17.7 Å². The second kappa shape index (κ2) is 7.72. The molecule has 0 amide bonds. The smallest absolute Gasteiger partial charge is 0.167 e. The van der Waals surface area contributed by atoms with Crippen molar-refractivity contribution in [3.63, 3.8) is 0 Å². The van der Waals surface area contributed by atoms with Gasteiger partial charge in [0.2, 0.25) is 0 Å². The number of benzene rings is 2. The molecule has 1 aliphatic carbocycles. The van der Waals surface area contributed by atoms with Gasteiger partial charge in [0.25, 0.3) is 0 Å². The van der Waals surface area contributed by atoms with E-state index in [0.29, 0.717) is 35.0 Å². The van der Waals surface area contributed by atoms with E-state index in [9.17, 15) is 9.18 Å². The maximum atomic E-state index is 14.2. The molecule has 2 unspecified atom stereocenters. The van der Waals surface area contributed by atoms with Gasteiger partial charge in [-0.3, -0.25) is 4.79 Å². The fourth-order valence-electron chi connectivity index (χ4n) is 4.27. The highest BCUT2D eigenvalue weighted by Crippen LogP contribution is 2.38. The van der Waals surface area contributed by atoms with Crippen molar-refractivity contribution in [3.8, 4) is 5.75 Å². The lowest BCUT2D eigenvalue weighted by Gasteiger charge is -2.34. The summed E-state index contributed by atoms with van der Waals surface area (Å²) >= 11 is 5.84. The van der Waals surface area contributed by atoms with Gasteiger partial charge < -0.3 is 15.0 Å². The first kappa shape index (κ1) is 19.2. The van der Waals surface area contributed by atoms with Crippen LogP contribution in [0.5, 0.6) is 5.75 Å². The van der Waals surface area contributed by atoms with E-state index in [2.05, 4.69) is 23.2 Å². The first-order chi connectivity index (χ1) is 13.5. The molecule has 0 spiro atoms. The number of methoxy groups -OCH3 is 1. The molecule has 2 atom stereocenters. The quantitative estimate of drug-likeness (QED) is 0.842. The molecule has 0 aromatic heterocycles. The molecule has 1 fully saturated rings. The average Bonchev–Trinajstić information content (AvgIpc) is 2.98. The lowest BCUT2D eigenvalue weighted by Crippen LogP contribution is -2.49. The van der Waals surface area contributed by atoms with Gasteiger partial charge in [0, 0.05) is 42.2 Å². The molecule has 2 aliphatic rings. The van der Waals surface area contributed by atoms with Gasteiger partial charge in [-0.15, -0.1) is 0 Å². The Labute approximate surface area is 169 Å². The number of fused-ring (bicyclic) bond motifs is 1. The molecule has 6 heteroatoms. The van der Waals surface area contributed by atoms with Crippen LogP contribution in [0.2, 0.25) is 5.02 Å². The van der Waals surface area contributed by atoms with Gasteiger partial charge in [0.05, 0.1) is 12.8 Å². The fraction of sp³-hybridized carbons (Fsp3) is 0.409. The Morgan fingerprint density at radius 2 is 2.14 bits per heavy atom. The molecule has 1 heterocycles. The first-order valence-electron chi connectivity index (χ1n) is 9.63. The molecule has 2 aromatic carbocycles. The van der Waals surface area contributed by atoms with Gasteiger partial charge in [-0.25, -0.2) is 4.39 Å². The van der Waals surface area contributed by atoms with Crippen LogP contribution in [0.4, 0.5) is 10.1 Å². The number of hydrogen-bond donors (Lipinski definition) is 1. The number of carbonyl (C=O) groups is 1. The molecule has 1 aliphatic heterocycles. The van der Waals surface area contributed by atoms with E-state index in [0.717, 1.165) is 36.6 Å². The minimum absolute atomic E-state index is 0.0582. The summed E-state index contributed by atoms with van der Waals surface area (Å²) < 4.78 is 19.8. The Morgan fingerprint density at radius 1 is 1.32 bits per heavy atom. The van der Waals surface area contributed by atoms with Crippen LogP contribution in [0.1, 0.15) is 28.4 Å². The fourth-order valence-corrected chi connectivity index (χ4v) is 4.43. The van der Waals surface area contributed by atoms with Crippen LogP contribution in [0.25, 0.3) is 0 Å². The topological polar surface area (TPSA) is 41.6 Å². The third kappa shape index (κ3) is 3.61. The van der Waals surface area contributed by atoms with Gasteiger partial charge >= 0.3 is 0 Å². The Kier molecular flexibility index (Phi) is 5.30. The number of ether oxygens (including phenoxy) is 1. The van der Waals surface area contributed by atoms with E-state index >= 15 is 0 Å². The lowest BCUT2D eigenvalue weighted by molar-refractivity contribution is 0.0935. The minimum Gasteiger partial charge on any atom is -0.495 e. The second-order valence-corrected chi connectivity index (χ2v) is 8.12. The zero-order valence-electron chi connectivity index (χ0n) is 16.1. The zero-order chi connectivity index (χ0) is 19.8. The summed E-state index contributed by atoms with van der Waals surface area (Å²) in [5, 5.41) is 3.80. The summed E-state index contributed by atoms with van der Waals surface area (Å²) in [6.07, 6.45) is 0.994. The molecular weight excluding hydrogens is 379 g/mol. The van der Waals surface area contributed by atoms with Crippen LogP contribution in [-0.4, -0.2) is 38.6 Å². The zero-order valence-corrected chi connectivity index (χ0v) is 16.9. The van der Waals surface area contributed by atoms with Crippen LogP contribution in [-0.2, 0) is 12.8 Å². The van der Waals surface area contributed by atoms with Crippen molar-refractivity contribution in [2.24, 2.45) is 5.92 Å². The van der Waals surface area contributed by atoms with Crippen LogP contribution in [0.3, 0.4) is 0 Å². The predicted octanol–water partition coefficient (Wildman–Crippen LogP) is 3.88. The summed E-state index contributed by atoms with van der Waals surface area (Å²) in [4.78, 5) is 15.3. The highest BCUT2D eigenvalue weighted by Gasteiger charge is 2.33. The molecule has 0 radical (unpaired) electrons. The maximum absolute atomic E-state index is 14.2. The summed E-state index contributed by atoms with van der Waals surface area (Å²) in [5.74, 6) is 0.166. The highest BCUT2D eigenvalue weighted by atomic mass is 35.5. The van der Waals surface area contributed by atoms with E-state index in [4.69, 9.17) is 16.3 Å². The van der Waals surface area contributed by atoms with Crippen molar-refractivity contribution < 1.29 is 13.9 Å². The largest absolute Gasteiger partial charge is 0.495 e. The molecule has 0 saturated carbocycles. The average molecular weight is 403 g/mol.